The van der Waals surface area contributed by atoms with Gasteiger partial charge in [-0.1, -0.05) is 0 Å². The number of thioether (sulfide) groups is 1. The Morgan fingerprint density at radius 2 is 2.36 bits per heavy atom. The molecule has 3 rings (SSSR count). The molecule has 2 amide bonds. The maximum absolute atomic E-state index is 12.2. The SMILES string of the molecule is CCn1cnnc1CNC(=O)c1ccc2c(c1)NC(=O)CS2. The molecule has 114 valence electrons. The van der Waals surface area contributed by atoms with Gasteiger partial charge in [-0.15, -0.1) is 22.0 Å². The topological polar surface area (TPSA) is 88.9 Å². The third kappa shape index (κ3) is 2.96. The number of carbonyl (C=O) groups excluding carboxylic acids is 2. The minimum atomic E-state index is -0.210. The number of hydrogen-bond donors (Lipinski definition) is 2. The number of aromatic nitrogens is 3. The molecule has 2 heterocycles. The van der Waals surface area contributed by atoms with Crippen molar-refractivity contribution in [1.82, 2.24) is 20.1 Å². The van der Waals surface area contributed by atoms with Crippen molar-refractivity contribution in [2.24, 2.45) is 0 Å². The van der Waals surface area contributed by atoms with Crippen LogP contribution in [0.4, 0.5) is 5.69 Å². The van der Waals surface area contributed by atoms with Crippen LogP contribution >= 0.6 is 11.8 Å². The highest BCUT2D eigenvalue weighted by atomic mass is 32.2. The second-order valence-electron chi connectivity index (χ2n) is 4.76. The maximum Gasteiger partial charge on any atom is 0.251 e. The summed E-state index contributed by atoms with van der Waals surface area (Å²) in [6, 6.07) is 5.30. The third-order valence-corrected chi connectivity index (χ3v) is 4.39. The highest BCUT2D eigenvalue weighted by Crippen LogP contribution is 2.31. The van der Waals surface area contributed by atoms with E-state index in [0.29, 0.717) is 29.4 Å². The van der Waals surface area contributed by atoms with Gasteiger partial charge in [0.05, 0.1) is 18.0 Å². The van der Waals surface area contributed by atoms with Crippen LogP contribution in [0.5, 0.6) is 0 Å². The number of nitrogens with zero attached hydrogens (tertiary/aromatic N) is 3. The molecule has 2 aromatic rings. The van der Waals surface area contributed by atoms with E-state index in [0.717, 1.165) is 11.4 Å². The van der Waals surface area contributed by atoms with Gasteiger partial charge in [0.2, 0.25) is 5.91 Å². The van der Waals surface area contributed by atoms with Crippen molar-refractivity contribution in [3.05, 3.63) is 35.9 Å². The summed E-state index contributed by atoms with van der Waals surface area (Å²) in [6.45, 7) is 3.05. The van der Waals surface area contributed by atoms with Crippen LogP contribution in [0.25, 0.3) is 0 Å². The Kier molecular flexibility index (Phi) is 4.10. The fraction of sp³-hybridized carbons (Fsp3) is 0.286. The first kappa shape index (κ1) is 14.6. The zero-order valence-corrected chi connectivity index (χ0v) is 12.8. The molecule has 0 unspecified atom stereocenters. The van der Waals surface area contributed by atoms with E-state index in [1.54, 1.807) is 18.5 Å². The first-order valence-corrected chi connectivity index (χ1v) is 7.87. The van der Waals surface area contributed by atoms with Gasteiger partial charge in [-0.3, -0.25) is 9.59 Å². The average Bonchev–Trinajstić information content (AvgIpc) is 2.99. The van der Waals surface area contributed by atoms with E-state index in [9.17, 15) is 9.59 Å². The van der Waals surface area contributed by atoms with Gasteiger partial charge in [0.15, 0.2) is 5.82 Å². The van der Waals surface area contributed by atoms with Gasteiger partial charge in [0.1, 0.15) is 6.33 Å². The van der Waals surface area contributed by atoms with Crippen molar-refractivity contribution in [3.63, 3.8) is 0 Å². The second kappa shape index (κ2) is 6.18. The fourth-order valence-electron chi connectivity index (χ4n) is 2.17. The van der Waals surface area contributed by atoms with Crippen molar-refractivity contribution >= 4 is 29.3 Å². The molecule has 0 radical (unpaired) electrons. The Labute approximate surface area is 131 Å². The summed E-state index contributed by atoms with van der Waals surface area (Å²) < 4.78 is 1.87. The number of rotatable bonds is 4. The summed E-state index contributed by atoms with van der Waals surface area (Å²) in [5.41, 5.74) is 1.19. The number of amides is 2. The molecule has 0 atom stereocenters. The largest absolute Gasteiger partial charge is 0.345 e. The van der Waals surface area contributed by atoms with Crippen LogP contribution in [0.3, 0.4) is 0 Å². The van der Waals surface area contributed by atoms with Crippen molar-refractivity contribution in [3.8, 4) is 0 Å². The summed E-state index contributed by atoms with van der Waals surface area (Å²) >= 11 is 1.47. The summed E-state index contributed by atoms with van der Waals surface area (Å²) in [7, 11) is 0. The molecule has 1 aromatic heterocycles. The molecule has 2 N–H and O–H groups in total. The minimum absolute atomic E-state index is 0.0499. The first-order valence-electron chi connectivity index (χ1n) is 6.89. The Hall–Kier alpha value is -2.35. The molecule has 7 nitrogen and oxygen atoms in total. The molecule has 0 fully saturated rings. The summed E-state index contributed by atoms with van der Waals surface area (Å²) in [4.78, 5) is 24.6. The monoisotopic (exact) mass is 317 g/mol. The molecular weight excluding hydrogens is 302 g/mol. The Balaban J connectivity index is 1.70. The summed E-state index contributed by atoms with van der Waals surface area (Å²) in [5, 5.41) is 13.4. The smallest absolute Gasteiger partial charge is 0.251 e. The molecule has 1 aliphatic rings. The summed E-state index contributed by atoms with van der Waals surface area (Å²) in [5.74, 6) is 0.854. The van der Waals surface area contributed by atoms with Gasteiger partial charge in [0.25, 0.3) is 5.91 Å². The van der Waals surface area contributed by atoms with Gasteiger partial charge in [-0.25, -0.2) is 0 Å². The van der Waals surface area contributed by atoms with E-state index in [1.807, 2.05) is 17.6 Å². The number of hydrogen-bond acceptors (Lipinski definition) is 5. The molecule has 0 saturated heterocycles. The van der Waals surface area contributed by atoms with E-state index in [4.69, 9.17) is 0 Å². The van der Waals surface area contributed by atoms with Crippen LogP contribution in [0.15, 0.2) is 29.4 Å². The van der Waals surface area contributed by atoms with Gasteiger partial charge >= 0.3 is 0 Å². The number of aryl methyl sites for hydroxylation is 1. The lowest BCUT2D eigenvalue weighted by Crippen LogP contribution is -2.25. The minimum Gasteiger partial charge on any atom is -0.345 e. The van der Waals surface area contributed by atoms with Crippen LogP contribution in [0.1, 0.15) is 23.1 Å². The zero-order valence-electron chi connectivity index (χ0n) is 12.0. The van der Waals surface area contributed by atoms with Gasteiger partial charge in [0, 0.05) is 17.0 Å². The van der Waals surface area contributed by atoms with Gasteiger partial charge in [-0.2, -0.15) is 0 Å². The van der Waals surface area contributed by atoms with Crippen molar-refractivity contribution in [2.45, 2.75) is 24.9 Å². The highest BCUT2D eigenvalue weighted by molar-refractivity contribution is 8.00. The molecule has 1 aliphatic heterocycles. The van der Waals surface area contributed by atoms with Gasteiger partial charge < -0.3 is 15.2 Å². The molecule has 8 heteroatoms. The second-order valence-corrected chi connectivity index (χ2v) is 5.78. The first-order chi connectivity index (χ1) is 10.7. The number of fused-ring (bicyclic) bond motifs is 1. The number of anilines is 1. The van der Waals surface area contributed by atoms with Crippen molar-refractivity contribution < 1.29 is 9.59 Å². The van der Waals surface area contributed by atoms with Crippen LogP contribution in [-0.4, -0.2) is 32.3 Å². The normalized spacial score (nSPS) is 13.4. The van der Waals surface area contributed by atoms with Crippen LogP contribution in [0.2, 0.25) is 0 Å². The van der Waals surface area contributed by atoms with Crippen LogP contribution < -0.4 is 10.6 Å². The van der Waals surface area contributed by atoms with Gasteiger partial charge in [-0.05, 0) is 25.1 Å². The molecule has 0 saturated carbocycles. The third-order valence-electron chi connectivity index (χ3n) is 3.32. The van der Waals surface area contributed by atoms with E-state index in [2.05, 4.69) is 20.8 Å². The molecule has 1 aromatic carbocycles. The lowest BCUT2D eigenvalue weighted by molar-refractivity contribution is -0.113. The van der Waals surface area contributed by atoms with Crippen molar-refractivity contribution in [2.75, 3.05) is 11.1 Å². The Morgan fingerprint density at radius 3 is 3.18 bits per heavy atom. The zero-order chi connectivity index (χ0) is 15.5. The molecule has 0 spiro atoms. The molecule has 0 aliphatic carbocycles. The predicted molar refractivity (Wildman–Crippen MR) is 82.7 cm³/mol. The lowest BCUT2D eigenvalue weighted by Gasteiger charge is -2.16. The summed E-state index contributed by atoms with van der Waals surface area (Å²) in [6.07, 6.45) is 1.63. The number of nitrogens with one attached hydrogen (secondary N) is 2. The van der Waals surface area contributed by atoms with Crippen LogP contribution in [0, 0.1) is 0 Å². The van der Waals surface area contributed by atoms with E-state index < -0.39 is 0 Å². The predicted octanol–water partition coefficient (Wildman–Crippen LogP) is 1.27. The quantitative estimate of drug-likeness (QED) is 0.886. The van der Waals surface area contributed by atoms with Crippen molar-refractivity contribution in [1.29, 1.82) is 0 Å². The Morgan fingerprint density at radius 1 is 1.50 bits per heavy atom. The number of benzene rings is 1. The molecular formula is C14H15N5O2S. The standard InChI is InChI=1S/C14H15N5O2S/c1-2-19-8-16-18-12(19)6-15-14(21)9-3-4-11-10(5-9)17-13(20)7-22-11/h3-5,8H,2,6-7H2,1H3,(H,15,21)(H,17,20). The fourth-order valence-corrected chi connectivity index (χ4v) is 2.95. The van der Waals surface area contributed by atoms with Crippen LogP contribution in [-0.2, 0) is 17.9 Å². The van der Waals surface area contributed by atoms with E-state index >= 15 is 0 Å². The lowest BCUT2D eigenvalue weighted by atomic mass is 10.2. The highest BCUT2D eigenvalue weighted by Gasteiger charge is 2.17. The van der Waals surface area contributed by atoms with E-state index in [1.165, 1.54) is 11.8 Å². The number of carbonyl (C=O) groups is 2. The maximum atomic E-state index is 12.2. The molecule has 0 bridgehead atoms. The average molecular weight is 317 g/mol. The Bertz CT molecular complexity index is 728. The van der Waals surface area contributed by atoms with E-state index in [-0.39, 0.29) is 11.8 Å². The molecule has 22 heavy (non-hydrogen) atoms.